The number of carbonyl (C=O) groups is 1. The average Bonchev–Trinajstić information content (AvgIpc) is 2.47. The molecule has 0 saturated heterocycles. The van der Waals surface area contributed by atoms with Crippen molar-refractivity contribution in [1.29, 1.82) is 0 Å². The summed E-state index contributed by atoms with van der Waals surface area (Å²) < 4.78 is 0. The Bertz CT molecular complexity index is 725. The molecular weight excluding hydrogens is 329 g/mol. The van der Waals surface area contributed by atoms with Crippen LogP contribution in [-0.2, 0) is 4.79 Å². The molecule has 2 rings (SSSR count). The number of nitrogens with one attached hydrogen (secondary N) is 1. The fraction of sp³-hybridized carbons (Fsp3) is 0. The molecule has 0 saturated carbocycles. The van der Waals surface area contributed by atoms with Gasteiger partial charge in [-0.15, -0.1) is 0 Å². The Morgan fingerprint density at radius 3 is 2.45 bits per heavy atom. The number of carbonyl (C=O) groups excluding carboxylic acids is 1. The molecule has 6 nitrogen and oxygen atoms in total. The number of aromatic nitrogens is 1. The summed E-state index contributed by atoms with van der Waals surface area (Å²) in [7, 11) is 0. The van der Waals surface area contributed by atoms with Gasteiger partial charge < -0.3 is 5.32 Å². The lowest BCUT2D eigenvalue weighted by Gasteiger charge is -2.02. The van der Waals surface area contributed by atoms with Crippen LogP contribution < -0.4 is 5.32 Å². The van der Waals surface area contributed by atoms with Gasteiger partial charge >= 0.3 is 0 Å². The van der Waals surface area contributed by atoms with E-state index in [0.29, 0.717) is 15.6 Å². The molecule has 0 fully saturated rings. The molecule has 1 aromatic heterocycles. The van der Waals surface area contributed by atoms with Crippen LogP contribution in [0.4, 0.5) is 11.5 Å². The van der Waals surface area contributed by atoms with Gasteiger partial charge in [0.2, 0.25) is 5.91 Å². The molecule has 0 unspecified atom stereocenters. The molecule has 1 N–H and O–H groups in total. The number of halogens is 2. The zero-order valence-corrected chi connectivity index (χ0v) is 12.5. The molecular formula is C14H9Cl2N3O3. The molecule has 1 amide bonds. The van der Waals surface area contributed by atoms with Crippen LogP contribution in [0.3, 0.4) is 0 Å². The van der Waals surface area contributed by atoms with Crippen molar-refractivity contribution >= 4 is 46.7 Å². The molecule has 1 aromatic carbocycles. The Labute approximate surface area is 135 Å². The molecule has 0 radical (unpaired) electrons. The van der Waals surface area contributed by atoms with E-state index in [2.05, 4.69) is 10.3 Å². The van der Waals surface area contributed by atoms with Gasteiger partial charge in [-0.25, -0.2) is 4.98 Å². The van der Waals surface area contributed by atoms with Crippen LogP contribution in [-0.4, -0.2) is 15.8 Å². The monoisotopic (exact) mass is 337 g/mol. The van der Waals surface area contributed by atoms with Gasteiger partial charge in [0.1, 0.15) is 12.0 Å². The number of amides is 1. The summed E-state index contributed by atoms with van der Waals surface area (Å²) in [6, 6.07) is 7.60. The molecule has 1 heterocycles. The van der Waals surface area contributed by atoms with E-state index >= 15 is 0 Å². The highest BCUT2D eigenvalue weighted by Crippen LogP contribution is 2.25. The van der Waals surface area contributed by atoms with E-state index in [1.807, 2.05) is 0 Å². The van der Waals surface area contributed by atoms with Crippen LogP contribution in [0.25, 0.3) is 6.08 Å². The average molecular weight is 338 g/mol. The summed E-state index contributed by atoms with van der Waals surface area (Å²) in [6.07, 6.45) is 3.78. The van der Waals surface area contributed by atoms with Crippen LogP contribution in [0.2, 0.25) is 10.0 Å². The number of anilines is 1. The lowest BCUT2D eigenvalue weighted by atomic mass is 10.2. The maximum Gasteiger partial charge on any atom is 0.287 e. The summed E-state index contributed by atoms with van der Waals surface area (Å²) in [5.74, 6) is -0.261. The highest BCUT2D eigenvalue weighted by molar-refractivity contribution is 6.37. The molecule has 22 heavy (non-hydrogen) atoms. The van der Waals surface area contributed by atoms with Crippen molar-refractivity contribution in [2.24, 2.45) is 0 Å². The van der Waals surface area contributed by atoms with Crippen molar-refractivity contribution < 1.29 is 9.72 Å². The second-order valence-electron chi connectivity index (χ2n) is 4.12. The predicted molar refractivity (Wildman–Crippen MR) is 85.0 cm³/mol. The Morgan fingerprint density at radius 2 is 1.91 bits per heavy atom. The Morgan fingerprint density at radius 1 is 1.23 bits per heavy atom. The van der Waals surface area contributed by atoms with Crippen LogP contribution >= 0.6 is 23.2 Å². The van der Waals surface area contributed by atoms with E-state index in [9.17, 15) is 14.9 Å². The number of hydrogen-bond acceptors (Lipinski definition) is 4. The van der Waals surface area contributed by atoms with E-state index in [4.69, 9.17) is 23.2 Å². The Balaban J connectivity index is 2.06. The molecule has 0 aliphatic heterocycles. The van der Waals surface area contributed by atoms with E-state index in [0.717, 1.165) is 6.20 Å². The molecule has 112 valence electrons. The third kappa shape index (κ3) is 4.03. The van der Waals surface area contributed by atoms with Crippen LogP contribution in [0.1, 0.15) is 5.56 Å². The van der Waals surface area contributed by atoms with Crippen molar-refractivity contribution in [2.75, 3.05) is 5.32 Å². The summed E-state index contributed by atoms with van der Waals surface area (Å²) in [5.41, 5.74) is 0.369. The zero-order valence-electron chi connectivity index (χ0n) is 11.0. The summed E-state index contributed by atoms with van der Waals surface area (Å²) in [4.78, 5) is 25.5. The lowest BCUT2D eigenvalue weighted by molar-refractivity contribution is -0.385. The van der Waals surface area contributed by atoms with Crippen molar-refractivity contribution in [3.8, 4) is 0 Å². The third-order valence-electron chi connectivity index (χ3n) is 2.61. The number of rotatable bonds is 4. The molecule has 0 aliphatic carbocycles. The van der Waals surface area contributed by atoms with Gasteiger partial charge in [-0.1, -0.05) is 29.3 Å². The van der Waals surface area contributed by atoms with Gasteiger partial charge in [0.05, 0.1) is 4.92 Å². The van der Waals surface area contributed by atoms with Crippen LogP contribution in [0, 0.1) is 10.1 Å². The highest BCUT2D eigenvalue weighted by Gasteiger charge is 2.07. The van der Waals surface area contributed by atoms with Crippen LogP contribution in [0.15, 0.2) is 42.6 Å². The SMILES string of the molecule is O=C(C=Cc1c(Cl)cccc1Cl)Nc1ccc([N+](=O)[O-])cn1. The van der Waals surface area contributed by atoms with E-state index in [1.165, 1.54) is 24.3 Å². The molecule has 2 aromatic rings. The Kier molecular flexibility index (Phi) is 5.08. The molecule has 0 spiro atoms. The third-order valence-corrected chi connectivity index (χ3v) is 3.27. The molecule has 0 bridgehead atoms. The summed E-state index contributed by atoms with van der Waals surface area (Å²) in [5, 5.41) is 13.8. The predicted octanol–water partition coefficient (Wildman–Crippen LogP) is 3.95. The number of nitrogens with zero attached hydrogens (tertiary/aromatic N) is 2. The molecule has 8 heteroatoms. The second-order valence-corrected chi connectivity index (χ2v) is 4.93. The number of pyridine rings is 1. The largest absolute Gasteiger partial charge is 0.307 e. The van der Waals surface area contributed by atoms with E-state index < -0.39 is 10.8 Å². The summed E-state index contributed by atoms with van der Waals surface area (Å²) >= 11 is 12.0. The number of benzene rings is 1. The highest BCUT2D eigenvalue weighted by atomic mass is 35.5. The van der Waals surface area contributed by atoms with E-state index in [-0.39, 0.29) is 11.5 Å². The maximum absolute atomic E-state index is 11.8. The first-order chi connectivity index (χ1) is 10.5. The first kappa shape index (κ1) is 15.9. The molecule has 0 aliphatic rings. The fourth-order valence-electron chi connectivity index (χ4n) is 1.56. The van der Waals surface area contributed by atoms with Gasteiger partial charge in [0.25, 0.3) is 5.69 Å². The Hall–Kier alpha value is -2.44. The van der Waals surface area contributed by atoms with Crippen molar-refractivity contribution in [3.05, 3.63) is 68.3 Å². The van der Waals surface area contributed by atoms with Gasteiger partial charge in [-0.05, 0) is 24.3 Å². The normalized spacial score (nSPS) is 10.6. The van der Waals surface area contributed by atoms with Crippen molar-refractivity contribution in [1.82, 2.24) is 4.98 Å². The second kappa shape index (κ2) is 7.02. The first-order valence-electron chi connectivity index (χ1n) is 6.01. The summed E-state index contributed by atoms with van der Waals surface area (Å²) in [6.45, 7) is 0. The minimum Gasteiger partial charge on any atom is -0.307 e. The van der Waals surface area contributed by atoms with E-state index in [1.54, 1.807) is 18.2 Å². The topological polar surface area (TPSA) is 85.1 Å². The van der Waals surface area contributed by atoms with Crippen molar-refractivity contribution in [2.45, 2.75) is 0 Å². The number of hydrogen-bond donors (Lipinski definition) is 1. The molecule has 0 atom stereocenters. The minimum absolute atomic E-state index is 0.156. The van der Waals surface area contributed by atoms with Crippen molar-refractivity contribution in [3.63, 3.8) is 0 Å². The van der Waals surface area contributed by atoms with Gasteiger partial charge in [0, 0.05) is 27.8 Å². The quantitative estimate of drug-likeness (QED) is 0.520. The minimum atomic E-state index is -0.572. The standard InChI is InChI=1S/C14H9Cl2N3O3/c15-11-2-1-3-12(16)10(11)5-7-14(20)18-13-6-4-9(8-17-13)19(21)22/h1-8H,(H,17,18,20). The number of nitro groups is 1. The van der Waals surface area contributed by atoms with Crippen LogP contribution in [0.5, 0.6) is 0 Å². The van der Waals surface area contributed by atoms with Gasteiger partial charge in [0.15, 0.2) is 0 Å². The lowest BCUT2D eigenvalue weighted by Crippen LogP contribution is -2.09. The van der Waals surface area contributed by atoms with Gasteiger partial charge in [-0.3, -0.25) is 14.9 Å². The van der Waals surface area contributed by atoms with Gasteiger partial charge in [-0.2, -0.15) is 0 Å². The fourth-order valence-corrected chi connectivity index (χ4v) is 2.09. The first-order valence-corrected chi connectivity index (χ1v) is 6.76. The zero-order chi connectivity index (χ0) is 16.1. The maximum atomic E-state index is 11.8. The smallest absolute Gasteiger partial charge is 0.287 e.